The molecule has 0 saturated carbocycles. The Balaban J connectivity index is 2.52. The quantitative estimate of drug-likeness (QED) is 0.848. The van der Waals surface area contributed by atoms with Crippen LogP contribution in [0, 0.1) is 0 Å². The van der Waals surface area contributed by atoms with E-state index in [1.54, 1.807) is 12.1 Å². The average Bonchev–Trinajstić information content (AvgIpc) is 2.33. The van der Waals surface area contributed by atoms with Crippen molar-refractivity contribution in [2.24, 2.45) is 5.73 Å². The number of ether oxygens (including phenoxy) is 1. The summed E-state index contributed by atoms with van der Waals surface area (Å²) in [4.78, 5) is 16.1. The second-order valence-electron chi connectivity index (χ2n) is 4.02. The van der Waals surface area contributed by atoms with Crippen molar-refractivity contribution < 1.29 is 9.53 Å². The molecule has 17 heavy (non-hydrogen) atoms. The summed E-state index contributed by atoms with van der Waals surface area (Å²) in [6, 6.07) is 3.45. The van der Waals surface area contributed by atoms with E-state index in [9.17, 15) is 4.79 Å². The van der Waals surface area contributed by atoms with Crippen LogP contribution in [0.3, 0.4) is 0 Å². The number of amides is 1. The first-order chi connectivity index (χ1) is 8.06. The van der Waals surface area contributed by atoms with Crippen LogP contribution >= 0.6 is 27.5 Å². The second kappa shape index (κ2) is 4.92. The molecule has 6 heteroatoms. The van der Waals surface area contributed by atoms with Crippen LogP contribution in [0.4, 0.5) is 0 Å². The Morgan fingerprint density at radius 1 is 1.47 bits per heavy atom. The summed E-state index contributed by atoms with van der Waals surface area (Å²) in [7, 11) is 0. The van der Waals surface area contributed by atoms with Gasteiger partial charge in [0, 0.05) is 17.7 Å². The van der Waals surface area contributed by atoms with E-state index >= 15 is 0 Å². The van der Waals surface area contributed by atoms with Gasteiger partial charge in [0.1, 0.15) is 5.15 Å². The van der Waals surface area contributed by atoms with Gasteiger partial charge in [-0.15, -0.1) is 0 Å². The van der Waals surface area contributed by atoms with Gasteiger partial charge in [-0.05, 0) is 40.9 Å². The molecule has 1 saturated heterocycles. The van der Waals surface area contributed by atoms with Gasteiger partial charge in [-0.3, -0.25) is 4.79 Å². The van der Waals surface area contributed by atoms with Gasteiger partial charge in [0.05, 0.1) is 11.1 Å². The molecule has 92 valence electrons. The summed E-state index contributed by atoms with van der Waals surface area (Å²) in [6.45, 7) is 1.01. The van der Waals surface area contributed by atoms with E-state index in [0.717, 1.165) is 4.47 Å². The predicted molar refractivity (Wildman–Crippen MR) is 67.9 cm³/mol. The predicted octanol–water partition coefficient (Wildman–Crippen LogP) is 2.03. The zero-order valence-corrected chi connectivity index (χ0v) is 11.4. The number of nitrogens with two attached hydrogens (primary N) is 1. The van der Waals surface area contributed by atoms with Crippen molar-refractivity contribution in [3.8, 4) is 0 Å². The van der Waals surface area contributed by atoms with Crippen molar-refractivity contribution >= 4 is 33.4 Å². The summed E-state index contributed by atoms with van der Waals surface area (Å²) in [6.07, 6.45) is 1.07. The molecule has 2 N–H and O–H groups in total. The third-order valence-corrected chi connectivity index (χ3v) is 3.93. The number of rotatable bonds is 2. The van der Waals surface area contributed by atoms with Crippen LogP contribution in [0.15, 0.2) is 16.6 Å². The lowest BCUT2D eigenvalue weighted by molar-refractivity contribution is -0.127. The monoisotopic (exact) mass is 318 g/mol. The van der Waals surface area contributed by atoms with Crippen LogP contribution in [-0.4, -0.2) is 24.1 Å². The minimum Gasteiger partial charge on any atom is -0.381 e. The molecule has 0 spiro atoms. The third kappa shape index (κ3) is 2.32. The van der Waals surface area contributed by atoms with E-state index in [1.807, 2.05) is 0 Å². The molecule has 1 aliphatic rings. The van der Waals surface area contributed by atoms with E-state index in [4.69, 9.17) is 22.1 Å². The largest absolute Gasteiger partial charge is 0.381 e. The van der Waals surface area contributed by atoms with Gasteiger partial charge < -0.3 is 10.5 Å². The smallest absolute Gasteiger partial charge is 0.229 e. The van der Waals surface area contributed by atoms with E-state index < -0.39 is 5.41 Å². The highest BCUT2D eigenvalue weighted by Crippen LogP contribution is 2.37. The molecule has 1 aromatic heterocycles. The first kappa shape index (κ1) is 12.8. The zero-order chi connectivity index (χ0) is 12.5. The molecule has 0 aromatic carbocycles. The molecule has 4 nitrogen and oxygen atoms in total. The van der Waals surface area contributed by atoms with Crippen LogP contribution in [0.2, 0.25) is 5.15 Å². The van der Waals surface area contributed by atoms with Crippen molar-refractivity contribution in [1.29, 1.82) is 0 Å². The molecule has 2 heterocycles. The Morgan fingerprint density at radius 2 is 2.12 bits per heavy atom. The van der Waals surface area contributed by atoms with Crippen LogP contribution in [0.1, 0.15) is 18.5 Å². The fraction of sp³-hybridized carbons (Fsp3) is 0.455. The summed E-state index contributed by atoms with van der Waals surface area (Å²) < 4.78 is 6.04. The van der Waals surface area contributed by atoms with Crippen molar-refractivity contribution in [1.82, 2.24) is 4.98 Å². The first-order valence-electron chi connectivity index (χ1n) is 5.26. The van der Waals surface area contributed by atoms with Crippen LogP contribution < -0.4 is 5.73 Å². The summed E-state index contributed by atoms with van der Waals surface area (Å²) in [5, 5.41) is 0.357. The van der Waals surface area contributed by atoms with E-state index in [1.165, 1.54) is 0 Å². The minimum absolute atomic E-state index is 0.357. The number of hydrogen-bond acceptors (Lipinski definition) is 3. The maximum atomic E-state index is 11.8. The lowest BCUT2D eigenvalue weighted by Gasteiger charge is -2.34. The van der Waals surface area contributed by atoms with Gasteiger partial charge in [-0.25, -0.2) is 4.98 Å². The SMILES string of the molecule is NC(=O)C1(c2nc(Cl)ccc2Br)CCOCC1. The number of nitrogens with zero attached hydrogens (tertiary/aromatic N) is 1. The number of hydrogen-bond donors (Lipinski definition) is 1. The van der Waals surface area contributed by atoms with Crippen LogP contribution in [0.25, 0.3) is 0 Å². The summed E-state index contributed by atoms with van der Waals surface area (Å²) in [5.41, 5.74) is 5.39. The van der Waals surface area contributed by atoms with Crippen molar-refractivity contribution in [3.63, 3.8) is 0 Å². The number of halogens is 2. The van der Waals surface area contributed by atoms with E-state index in [2.05, 4.69) is 20.9 Å². The standard InChI is InChI=1S/C11H12BrClN2O2/c12-7-1-2-8(13)15-9(7)11(10(14)16)3-5-17-6-4-11/h1-2H,3-6H2,(H2,14,16). The molecule has 1 fully saturated rings. The van der Waals surface area contributed by atoms with E-state index in [-0.39, 0.29) is 5.91 Å². The van der Waals surface area contributed by atoms with Crippen LogP contribution in [-0.2, 0) is 14.9 Å². The highest BCUT2D eigenvalue weighted by atomic mass is 79.9. The number of carbonyl (C=O) groups excluding carboxylic acids is 1. The summed E-state index contributed by atoms with van der Waals surface area (Å²) >= 11 is 9.29. The Morgan fingerprint density at radius 3 is 2.71 bits per heavy atom. The molecule has 0 atom stereocenters. The number of carbonyl (C=O) groups is 1. The fourth-order valence-electron chi connectivity index (χ4n) is 2.07. The van der Waals surface area contributed by atoms with E-state index in [0.29, 0.717) is 36.9 Å². The van der Waals surface area contributed by atoms with Crippen LogP contribution in [0.5, 0.6) is 0 Å². The Labute approximate surface area is 113 Å². The van der Waals surface area contributed by atoms with Gasteiger partial charge in [-0.1, -0.05) is 11.6 Å². The minimum atomic E-state index is -0.776. The lowest BCUT2D eigenvalue weighted by atomic mass is 9.76. The zero-order valence-electron chi connectivity index (χ0n) is 9.08. The first-order valence-corrected chi connectivity index (χ1v) is 6.43. The average molecular weight is 320 g/mol. The highest BCUT2D eigenvalue weighted by molar-refractivity contribution is 9.10. The maximum Gasteiger partial charge on any atom is 0.229 e. The van der Waals surface area contributed by atoms with Crippen molar-refractivity contribution in [2.75, 3.05) is 13.2 Å². The van der Waals surface area contributed by atoms with Crippen molar-refractivity contribution in [2.45, 2.75) is 18.3 Å². The number of aromatic nitrogens is 1. The van der Waals surface area contributed by atoms with Gasteiger partial charge in [-0.2, -0.15) is 0 Å². The highest BCUT2D eigenvalue weighted by Gasteiger charge is 2.43. The van der Waals surface area contributed by atoms with Crippen molar-refractivity contribution in [3.05, 3.63) is 27.5 Å². The van der Waals surface area contributed by atoms with Gasteiger partial charge >= 0.3 is 0 Å². The second-order valence-corrected chi connectivity index (χ2v) is 5.26. The Hall–Kier alpha value is -0.650. The number of pyridine rings is 1. The molecule has 1 aliphatic heterocycles. The number of primary amides is 1. The molecule has 0 bridgehead atoms. The summed E-state index contributed by atoms with van der Waals surface area (Å²) in [5.74, 6) is -0.378. The normalized spacial score (nSPS) is 18.9. The lowest BCUT2D eigenvalue weighted by Crippen LogP contribution is -2.46. The third-order valence-electron chi connectivity index (χ3n) is 3.08. The molecule has 2 rings (SSSR count). The molecular formula is C11H12BrClN2O2. The topological polar surface area (TPSA) is 65.2 Å². The van der Waals surface area contributed by atoms with Gasteiger partial charge in [0.15, 0.2) is 0 Å². The van der Waals surface area contributed by atoms with Gasteiger partial charge in [0.25, 0.3) is 0 Å². The van der Waals surface area contributed by atoms with Gasteiger partial charge in [0.2, 0.25) is 5.91 Å². The molecule has 0 unspecified atom stereocenters. The Bertz CT molecular complexity index is 447. The molecule has 1 amide bonds. The molecule has 0 radical (unpaired) electrons. The fourth-order valence-corrected chi connectivity index (χ4v) is 2.82. The molecule has 1 aromatic rings. The Kier molecular flexibility index (Phi) is 3.70. The molecule has 0 aliphatic carbocycles. The maximum absolute atomic E-state index is 11.8. The molecular weight excluding hydrogens is 307 g/mol.